The number of nitrogens with zero attached hydrogens (tertiary/aromatic N) is 1. The van der Waals surface area contributed by atoms with Gasteiger partial charge in [-0.3, -0.25) is 0 Å². The average Bonchev–Trinajstić information content (AvgIpc) is 2.35. The number of nitrogens with one attached hydrogen (secondary N) is 2. The first-order valence-corrected chi connectivity index (χ1v) is 5.90. The van der Waals surface area contributed by atoms with Crippen molar-refractivity contribution in [1.82, 2.24) is 15.5 Å². The molecule has 2 N–H and O–H groups in total. The normalized spacial score (nSPS) is 17.8. The quantitative estimate of drug-likeness (QED) is 0.673. The lowest BCUT2D eigenvalue weighted by Gasteiger charge is -2.30. The Kier molecular flexibility index (Phi) is 5.21. The molecule has 17 heavy (non-hydrogen) atoms. The molecule has 0 saturated carbocycles. The van der Waals surface area contributed by atoms with Gasteiger partial charge in [-0.05, 0) is 5.92 Å². The fourth-order valence-corrected chi connectivity index (χ4v) is 1.72. The zero-order chi connectivity index (χ0) is 12.8. The Morgan fingerprint density at radius 1 is 1.29 bits per heavy atom. The van der Waals surface area contributed by atoms with Crippen molar-refractivity contribution in [3.8, 4) is 0 Å². The summed E-state index contributed by atoms with van der Waals surface area (Å²) in [6.45, 7) is 6.66. The standard InChI is InChI=1S/C11H21N3O3/c1-8(2)9(10(15)17-3)13-11(16)14-6-4-12-5-7-14/h8-9,12H,4-7H2,1-3H3,(H,13,16)/t9-/m0/s1. The first-order valence-electron chi connectivity index (χ1n) is 5.90. The molecule has 1 atom stereocenters. The third kappa shape index (κ3) is 3.89. The summed E-state index contributed by atoms with van der Waals surface area (Å²) in [5.41, 5.74) is 0. The molecule has 0 aromatic rings. The average molecular weight is 243 g/mol. The monoisotopic (exact) mass is 243 g/mol. The van der Waals surface area contributed by atoms with Crippen LogP contribution in [0.5, 0.6) is 0 Å². The van der Waals surface area contributed by atoms with Gasteiger partial charge in [0, 0.05) is 26.2 Å². The molecule has 1 aliphatic rings. The third-order valence-electron chi connectivity index (χ3n) is 2.80. The van der Waals surface area contributed by atoms with Crippen LogP contribution in [-0.2, 0) is 9.53 Å². The van der Waals surface area contributed by atoms with Crippen molar-refractivity contribution < 1.29 is 14.3 Å². The van der Waals surface area contributed by atoms with Gasteiger partial charge in [0.2, 0.25) is 0 Å². The van der Waals surface area contributed by atoms with E-state index in [2.05, 4.69) is 15.4 Å². The van der Waals surface area contributed by atoms with Crippen molar-refractivity contribution >= 4 is 12.0 Å². The minimum absolute atomic E-state index is 0.00863. The second-order valence-corrected chi connectivity index (χ2v) is 4.43. The molecule has 1 heterocycles. The number of methoxy groups -OCH3 is 1. The lowest BCUT2D eigenvalue weighted by atomic mass is 10.1. The molecular weight excluding hydrogens is 222 g/mol. The summed E-state index contributed by atoms with van der Waals surface area (Å²) in [6.07, 6.45) is 0. The van der Waals surface area contributed by atoms with Gasteiger partial charge in [0.15, 0.2) is 0 Å². The van der Waals surface area contributed by atoms with Crippen molar-refractivity contribution in [2.75, 3.05) is 33.3 Å². The lowest BCUT2D eigenvalue weighted by molar-refractivity contribution is -0.144. The number of hydrogen-bond donors (Lipinski definition) is 2. The fraction of sp³-hybridized carbons (Fsp3) is 0.818. The molecule has 0 aromatic carbocycles. The van der Waals surface area contributed by atoms with Gasteiger partial charge in [-0.15, -0.1) is 0 Å². The number of hydrogen-bond acceptors (Lipinski definition) is 4. The first kappa shape index (κ1) is 13.8. The smallest absolute Gasteiger partial charge is 0.328 e. The maximum atomic E-state index is 11.9. The first-order chi connectivity index (χ1) is 8.06. The Morgan fingerprint density at radius 2 is 1.88 bits per heavy atom. The van der Waals surface area contributed by atoms with Crippen LogP contribution < -0.4 is 10.6 Å². The van der Waals surface area contributed by atoms with Gasteiger partial charge in [0.25, 0.3) is 0 Å². The molecule has 0 radical (unpaired) electrons. The van der Waals surface area contributed by atoms with E-state index in [1.165, 1.54) is 7.11 Å². The SMILES string of the molecule is COC(=O)[C@@H](NC(=O)N1CCNCC1)C(C)C. The second kappa shape index (κ2) is 6.44. The van der Waals surface area contributed by atoms with Crippen LogP contribution in [-0.4, -0.2) is 56.2 Å². The van der Waals surface area contributed by atoms with Crippen LogP contribution in [0.3, 0.4) is 0 Å². The molecule has 1 saturated heterocycles. The number of piperazine rings is 1. The van der Waals surface area contributed by atoms with Crippen molar-refractivity contribution in [3.63, 3.8) is 0 Å². The molecular formula is C11H21N3O3. The van der Waals surface area contributed by atoms with Gasteiger partial charge < -0.3 is 20.3 Å². The van der Waals surface area contributed by atoms with Crippen LogP contribution in [0.15, 0.2) is 0 Å². The van der Waals surface area contributed by atoms with E-state index in [4.69, 9.17) is 0 Å². The molecule has 0 unspecified atom stereocenters. The van der Waals surface area contributed by atoms with Crippen LogP contribution in [0.2, 0.25) is 0 Å². The molecule has 98 valence electrons. The number of carbonyl (C=O) groups is 2. The molecule has 1 aliphatic heterocycles. The van der Waals surface area contributed by atoms with Crippen molar-refractivity contribution in [2.24, 2.45) is 5.92 Å². The fourth-order valence-electron chi connectivity index (χ4n) is 1.72. The number of ether oxygens (including phenoxy) is 1. The number of amides is 2. The number of esters is 1. The van der Waals surface area contributed by atoms with Gasteiger partial charge in [0.1, 0.15) is 6.04 Å². The summed E-state index contributed by atoms with van der Waals surface area (Å²) in [5, 5.41) is 5.89. The van der Waals surface area contributed by atoms with Crippen LogP contribution in [0.4, 0.5) is 4.79 Å². The second-order valence-electron chi connectivity index (χ2n) is 4.43. The van der Waals surface area contributed by atoms with Crippen LogP contribution in [0, 0.1) is 5.92 Å². The molecule has 0 bridgehead atoms. The highest BCUT2D eigenvalue weighted by molar-refractivity contribution is 5.83. The maximum absolute atomic E-state index is 11.9. The molecule has 6 nitrogen and oxygen atoms in total. The Morgan fingerprint density at radius 3 is 2.35 bits per heavy atom. The topological polar surface area (TPSA) is 70.7 Å². The predicted octanol–water partition coefficient (Wildman–Crippen LogP) is -0.201. The Balaban J connectivity index is 2.54. The summed E-state index contributed by atoms with van der Waals surface area (Å²) >= 11 is 0. The molecule has 0 aromatic heterocycles. The summed E-state index contributed by atoms with van der Waals surface area (Å²) < 4.78 is 4.68. The van der Waals surface area contributed by atoms with Crippen molar-refractivity contribution in [2.45, 2.75) is 19.9 Å². The van der Waals surface area contributed by atoms with Crippen LogP contribution >= 0.6 is 0 Å². The van der Waals surface area contributed by atoms with E-state index in [1.807, 2.05) is 13.8 Å². The molecule has 1 fully saturated rings. The van der Waals surface area contributed by atoms with Crippen LogP contribution in [0.25, 0.3) is 0 Å². The Bertz CT molecular complexity index is 275. The molecule has 0 aliphatic carbocycles. The third-order valence-corrected chi connectivity index (χ3v) is 2.80. The lowest BCUT2D eigenvalue weighted by Crippen LogP contribution is -2.55. The summed E-state index contributed by atoms with van der Waals surface area (Å²) in [7, 11) is 1.33. The highest BCUT2D eigenvalue weighted by Crippen LogP contribution is 2.05. The summed E-state index contributed by atoms with van der Waals surface area (Å²) in [4.78, 5) is 25.1. The molecule has 6 heteroatoms. The van der Waals surface area contributed by atoms with Gasteiger partial charge in [-0.25, -0.2) is 9.59 Å². The summed E-state index contributed by atoms with van der Waals surface area (Å²) in [5.74, 6) is -0.391. The zero-order valence-electron chi connectivity index (χ0n) is 10.7. The zero-order valence-corrected chi connectivity index (χ0v) is 10.7. The number of carbonyl (C=O) groups excluding carboxylic acids is 2. The number of urea groups is 1. The highest BCUT2D eigenvalue weighted by atomic mass is 16.5. The highest BCUT2D eigenvalue weighted by Gasteiger charge is 2.27. The predicted molar refractivity (Wildman–Crippen MR) is 63.6 cm³/mol. The molecule has 0 spiro atoms. The Hall–Kier alpha value is -1.30. The van der Waals surface area contributed by atoms with E-state index in [9.17, 15) is 9.59 Å². The van der Waals surface area contributed by atoms with Gasteiger partial charge in [0.05, 0.1) is 7.11 Å². The minimum Gasteiger partial charge on any atom is -0.467 e. The minimum atomic E-state index is -0.581. The summed E-state index contributed by atoms with van der Waals surface area (Å²) in [6, 6.07) is -0.780. The van der Waals surface area contributed by atoms with E-state index in [0.29, 0.717) is 13.1 Å². The van der Waals surface area contributed by atoms with Gasteiger partial charge >= 0.3 is 12.0 Å². The largest absolute Gasteiger partial charge is 0.467 e. The van der Waals surface area contributed by atoms with E-state index in [0.717, 1.165) is 13.1 Å². The molecule has 1 rings (SSSR count). The van der Waals surface area contributed by atoms with Gasteiger partial charge in [-0.1, -0.05) is 13.8 Å². The molecule has 2 amide bonds. The van der Waals surface area contributed by atoms with E-state index in [-0.39, 0.29) is 11.9 Å². The number of rotatable bonds is 3. The van der Waals surface area contributed by atoms with Crippen molar-refractivity contribution in [1.29, 1.82) is 0 Å². The maximum Gasteiger partial charge on any atom is 0.328 e. The van der Waals surface area contributed by atoms with Crippen LogP contribution in [0.1, 0.15) is 13.8 Å². The van der Waals surface area contributed by atoms with Crippen molar-refractivity contribution in [3.05, 3.63) is 0 Å². The van der Waals surface area contributed by atoms with E-state index < -0.39 is 12.0 Å². The Labute approximate surface area is 102 Å². The van der Waals surface area contributed by atoms with E-state index in [1.54, 1.807) is 4.90 Å². The van der Waals surface area contributed by atoms with E-state index >= 15 is 0 Å². The van der Waals surface area contributed by atoms with Gasteiger partial charge in [-0.2, -0.15) is 0 Å².